The number of carbonyl (C=O) groups is 1. The zero-order valence-corrected chi connectivity index (χ0v) is 16.7. The summed E-state index contributed by atoms with van der Waals surface area (Å²) in [5, 5.41) is 72.6. The van der Waals surface area contributed by atoms with Crippen molar-refractivity contribution in [2.45, 2.75) is 49.5 Å². The lowest BCUT2D eigenvalue weighted by Crippen LogP contribution is -2.64. The molecule has 2 aromatic rings. The lowest BCUT2D eigenvalue weighted by atomic mass is 9.60. The monoisotopic (exact) mass is 432 g/mol. The van der Waals surface area contributed by atoms with Crippen molar-refractivity contribution in [3.63, 3.8) is 0 Å². The first-order valence-electron chi connectivity index (χ1n) is 9.80. The molecule has 0 spiro atoms. The molecule has 5 unspecified atom stereocenters. The van der Waals surface area contributed by atoms with Crippen LogP contribution in [0, 0.1) is 0 Å². The molecule has 9 heteroatoms. The number of aliphatic hydroxyl groups is 5. The molecule has 4 rings (SSSR count). The van der Waals surface area contributed by atoms with Crippen LogP contribution in [0.5, 0.6) is 11.5 Å². The summed E-state index contributed by atoms with van der Waals surface area (Å²) in [6, 6.07) is 6.92. The molecular weight excluding hydrogens is 408 g/mol. The predicted octanol–water partition coefficient (Wildman–Crippen LogP) is -0.368. The minimum Gasteiger partial charge on any atom is -0.507 e. The minimum atomic E-state index is -2.27. The first-order chi connectivity index (χ1) is 14.6. The van der Waals surface area contributed by atoms with Gasteiger partial charge in [0.1, 0.15) is 23.7 Å². The molecule has 0 saturated carbocycles. The zero-order chi connectivity index (χ0) is 22.7. The summed E-state index contributed by atoms with van der Waals surface area (Å²) in [5.41, 5.74) is -1.45. The number of carbonyl (C=O) groups excluding carboxylic acids is 1. The summed E-state index contributed by atoms with van der Waals surface area (Å²) in [5.74, 6) is -3.77. The average Bonchev–Trinajstić information content (AvgIpc) is 2.73. The second kappa shape index (κ2) is 7.27. The molecule has 0 amide bonds. The summed E-state index contributed by atoms with van der Waals surface area (Å²) in [6.07, 6.45) is -4.75. The van der Waals surface area contributed by atoms with Gasteiger partial charge >= 0.3 is 0 Å². The molecule has 1 aliphatic heterocycles. The molecule has 2 aliphatic rings. The number of aromatic hydroxyl groups is 2. The Labute approximate surface area is 177 Å². The van der Waals surface area contributed by atoms with Crippen LogP contribution in [-0.2, 0) is 16.8 Å². The quantitative estimate of drug-likeness (QED) is 0.342. The van der Waals surface area contributed by atoms with Crippen molar-refractivity contribution in [1.82, 2.24) is 0 Å². The highest BCUT2D eigenvalue weighted by Gasteiger charge is 2.60. The van der Waals surface area contributed by atoms with Crippen LogP contribution < -0.4 is 0 Å². The topological polar surface area (TPSA) is 168 Å². The molecule has 31 heavy (non-hydrogen) atoms. The Kier molecular flexibility index (Phi) is 5.08. The third-order valence-electron chi connectivity index (χ3n) is 6.50. The Bertz CT molecular complexity index is 1050. The van der Waals surface area contributed by atoms with Crippen LogP contribution in [-0.4, -0.2) is 72.2 Å². The second-order valence-corrected chi connectivity index (χ2v) is 8.23. The fourth-order valence-electron chi connectivity index (χ4n) is 4.78. The summed E-state index contributed by atoms with van der Waals surface area (Å²) in [4.78, 5) is 13.2. The van der Waals surface area contributed by atoms with Crippen LogP contribution in [0.1, 0.15) is 46.0 Å². The van der Waals surface area contributed by atoms with Gasteiger partial charge in [-0.15, -0.1) is 0 Å². The van der Waals surface area contributed by atoms with Gasteiger partial charge in [-0.2, -0.15) is 0 Å². The van der Waals surface area contributed by atoms with E-state index in [-0.39, 0.29) is 33.6 Å². The standard InChI is InChI=1S/C22H24O9/c1-21(22(30)7-15(27)19(28)16(9-24)31-22)11-3-2-4-13(25)17(11)20(29)18-12(21)5-10(8-23)6-14(18)26/h2-6,15-16,19,23-28,30H,7-9H2,1H3. The number of ketones is 1. The Morgan fingerprint density at radius 3 is 2.39 bits per heavy atom. The van der Waals surface area contributed by atoms with Crippen LogP contribution in [0.25, 0.3) is 0 Å². The predicted molar refractivity (Wildman–Crippen MR) is 106 cm³/mol. The summed E-state index contributed by atoms with van der Waals surface area (Å²) < 4.78 is 5.71. The SMILES string of the molecule is CC1(C2(O)CC(O)C(O)C(CO)O2)c2cccc(O)c2C(=O)c2c(O)cc(CO)cc21. The first-order valence-corrected chi connectivity index (χ1v) is 9.80. The van der Waals surface area contributed by atoms with Gasteiger partial charge < -0.3 is 40.5 Å². The molecule has 2 aromatic carbocycles. The van der Waals surface area contributed by atoms with Gasteiger partial charge in [-0.3, -0.25) is 4.79 Å². The molecule has 0 radical (unpaired) electrons. The number of aliphatic hydroxyl groups excluding tert-OH is 4. The van der Waals surface area contributed by atoms with E-state index in [0.717, 1.165) is 0 Å². The Morgan fingerprint density at radius 2 is 1.74 bits per heavy atom. The van der Waals surface area contributed by atoms with E-state index in [4.69, 9.17) is 4.74 Å². The van der Waals surface area contributed by atoms with E-state index in [1.807, 2.05) is 0 Å². The number of ether oxygens (including phenoxy) is 1. The van der Waals surface area contributed by atoms with Gasteiger partial charge in [-0.1, -0.05) is 18.2 Å². The van der Waals surface area contributed by atoms with Crippen molar-refractivity contribution in [2.75, 3.05) is 6.61 Å². The molecule has 0 bridgehead atoms. The third-order valence-corrected chi connectivity index (χ3v) is 6.50. The Hall–Kier alpha value is -2.53. The van der Waals surface area contributed by atoms with Crippen LogP contribution in [0.15, 0.2) is 30.3 Å². The van der Waals surface area contributed by atoms with Crippen molar-refractivity contribution < 1.29 is 45.3 Å². The lowest BCUT2D eigenvalue weighted by Gasteiger charge is -2.53. The van der Waals surface area contributed by atoms with Crippen molar-refractivity contribution in [2.24, 2.45) is 0 Å². The number of phenols is 2. The fraction of sp³-hybridized carbons (Fsp3) is 0.409. The van der Waals surface area contributed by atoms with Gasteiger partial charge in [0, 0.05) is 6.42 Å². The van der Waals surface area contributed by atoms with E-state index < -0.39 is 60.7 Å². The molecule has 5 atom stereocenters. The molecule has 1 heterocycles. The molecule has 1 aliphatic carbocycles. The van der Waals surface area contributed by atoms with Gasteiger partial charge in [0.15, 0.2) is 5.79 Å². The van der Waals surface area contributed by atoms with Crippen LogP contribution in [0.4, 0.5) is 0 Å². The van der Waals surface area contributed by atoms with Gasteiger partial charge in [-0.05, 0) is 35.7 Å². The van der Waals surface area contributed by atoms with Gasteiger partial charge in [0.2, 0.25) is 5.78 Å². The maximum Gasteiger partial charge on any atom is 0.201 e. The van der Waals surface area contributed by atoms with Crippen LogP contribution in [0.3, 0.4) is 0 Å². The number of rotatable bonds is 3. The number of fused-ring (bicyclic) bond motifs is 2. The Balaban J connectivity index is 2.06. The summed E-state index contributed by atoms with van der Waals surface area (Å²) >= 11 is 0. The zero-order valence-electron chi connectivity index (χ0n) is 16.7. The van der Waals surface area contributed by atoms with Crippen molar-refractivity contribution in [3.05, 3.63) is 58.1 Å². The summed E-state index contributed by atoms with van der Waals surface area (Å²) in [6.45, 7) is 0.352. The lowest BCUT2D eigenvalue weighted by molar-refractivity contribution is -0.326. The Morgan fingerprint density at radius 1 is 1.06 bits per heavy atom. The minimum absolute atomic E-state index is 0.113. The number of benzene rings is 2. The molecule has 166 valence electrons. The van der Waals surface area contributed by atoms with Crippen molar-refractivity contribution in [1.29, 1.82) is 0 Å². The first kappa shape index (κ1) is 21.7. The van der Waals surface area contributed by atoms with E-state index in [1.54, 1.807) is 0 Å². The largest absolute Gasteiger partial charge is 0.507 e. The van der Waals surface area contributed by atoms with E-state index in [9.17, 15) is 40.5 Å². The van der Waals surface area contributed by atoms with Gasteiger partial charge in [0.25, 0.3) is 0 Å². The highest BCUT2D eigenvalue weighted by molar-refractivity contribution is 6.16. The molecule has 1 fully saturated rings. The highest BCUT2D eigenvalue weighted by atomic mass is 16.6. The average molecular weight is 432 g/mol. The number of hydrogen-bond acceptors (Lipinski definition) is 9. The van der Waals surface area contributed by atoms with Crippen molar-refractivity contribution in [3.8, 4) is 11.5 Å². The van der Waals surface area contributed by atoms with Gasteiger partial charge in [0.05, 0.1) is 35.9 Å². The van der Waals surface area contributed by atoms with E-state index in [1.165, 1.54) is 37.3 Å². The number of hydrogen-bond donors (Lipinski definition) is 7. The van der Waals surface area contributed by atoms with E-state index >= 15 is 0 Å². The molecule has 9 nitrogen and oxygen atoms in total. The van der Waals surface area contributed by atoms with E-state index in [0.29, 0.717) is 0 Å². The molecule has 0 aromatic heterocycles. The molecular formula is C22H24O9. The van der Waals surface area contributed by atoms with Crippen LogP contribution >= 0.6 is 0 Å². The molecule has 7 N–H and O–H groups in total. The third kappa shape index (κ3) is 2.89. The smallest absolute Gasteiger partial charge is 0.201 e. The molecule has 1 saturated heterocycles. The highest BCUT2D eigenvalue weighted by Crippen LogP contribution is 2.54. The maximum absolute atomic E-state index is 13.2. The maximum atomic E-state index is 13.2. The van der Waals surface area contributed by atoms with Crippen LogP contribution in [0.2, 0.25) is 0 Å². The number of phenolic OH excluding ortho intramolecular Hbond substituents is 2. The summed E-state index contributed by atoms with van der Waals surface area (Å²) in [7, 11) is 0. The second-order valence-electron chi connectivity index (χ2n) is 8.23. The normalized spacial score (nSPS) is 32.5. The van der Waals surface area contributed by atoms with E-state index in [2.05, 4.69) is 0 Å². The van der Waals surface area contributed by atoms with Crippen molar-refractivity contribution >= 4 is 5.78 Å². The fourth-order valence-corrected chi connectivity index (χ4v) is 4.78. The van der Waals surface area contributed by atoms with Gasteiger partial charge in [-0.25, -0.2) is 0 Å².